The summed E-state index contributed by atoms with van der Waals surface area (Å²) >= 11 is 0. The van der Waals surface area contributed by atoms with Crippen LogP contribution >= 0.6 is 0 Å². The number of hydrogen-bond acceptors (Lipinski definition) is 5. The van der Waals surface area contributed by atoms with Crippen molar-refractivity contribution in [2.45, 2.75) is 19.3 Å². The molecule has 2 aliphatic heterocycles. The number of carbonyl (C=O) groups is 3. The summed E-state index contributed by atoms with van der Waals surface area (Å²) in [7, 11) is 0. The van der Waals surface area contributed by atoms with E-state index in [1.807, 2.05) is 0 Å². The molecule has 8 heteroatoms. The van der Waals surface area contributed by atoms with Gasteiger partial charge in [0.2, 0.25) is 11.8 Å². The van der Waals surface area contributed by atoms with Crippen molar-refractivity contribution in [3.05, 3.63) is 24.3 Å². The number of nitrogens with zero attached hydrogens (tertiary/aromatic N) is 3. The second-order valence-electron chi connectivity index (χ2n) is 6.79. The van der Waals surface area contributed by atoms with Gasteiger partial charge in [-0.15, -0.1) is 0 Å². The van der Waals surface area contributed by atoms with Gasteiger partial charge in [-0.2, -0.15) is 4.99 Å². The van der Waals surface area contributed by atoms with Crippen LogP contribution in [0, 0.1) is 5.92 Å². The molecule has 3 rings (SSSR count). The maximum Gasteiger partial charge on any atom is 0.350 e. The molecule has 27 heavy (non-hydrogen) atoms. The number of carbonyl (C=O) groups excluding carboxylic acids is 3. The molecule has 146 valence electrons. The van der Waals surface area contributed by atoms with E-state index in [4.69, 9.17) is 4.74 Å². The molecule has 1 saturated heterocycles. The zero-order chi connectivity index (χ0) is 19.1. The van der Waals surface area contributed by atoms with Crippen molar-refractivity contribution < 1.29 is 19.1 Å². The maximum absolute atomic E-state index is 12.4. The van der Waals surface area contributed by atoms with Crippen LogP contribution in [0.5, 0.6) is 0 Å². The number of allylic oxidation sites excluding steroid dienone is 3. The first kappa shape index (κ1) is 19.4. The van der Waals surface area contributed by atoms with Crippen molar-refractivity contribution in [1.29, 1.82) is 0 Å². The third kappa shape index (κ3) is 5.33. The van der Waals surface area contributed by atoms with Gasteiger partial charge < -0.3 is 10.1 Å². The number of amides is 4. The lowest BCUT2D eigenvalue weighted by Crippen LogP contribution is -2.46. The molecule has 0 aromatic carbocycles. The van der Waals surface area contributed by atoms with Gasteiger partial charge in [-0.3, -0.25) is 19.4 Å². The third-order valence-corrected chi connectivity index (χ3v) is 4.85. The molecule has 2 heterocycles. The van der Waals surface area contributed by atoms with Crippen LogP contribution in [0.25, 0.3) is 0 Å². The molecular formula is C19H26N4O4. The number of fused-ring (bicyclic) bond motifs is 1. The lowest BCUT2D eigenvalue weighted by molar-refractivity contribution is -0.130. The lowest BCUT2D eigenvalue weighted by Gasteiger charge is -2.28. The minimum absolute atomic E-state index is 0.0569. The Balaban J connectivity index is 1.33. The van der Waals surface area contributed by atoms with Gasteiger partial charge in [0.1, 0.15) is 0 Å². The molecule has 0 aromatic heterocycles. The second kappa shape index (κ2) is 9.57. The van der Waals surface area contributed by atoms with Crippen LogP contribution in [0.1, 0.15) is 19.3 Å². The first-order valence-electron chi connectivity index (χ1n) is 9.51. The Morgan fingerprint density at radius 2 is 2.00 bits per heavy atom. The predicted octanol–water partition coefficient (Wildman–Crippen LogP) is 0.751. The van der Waals surface area contributed by atoms with E-state index < -0.39 is 11.9 Å². The molecule has 4 amide bonds. The van der Waals surface area contributed by atoms with Gasteiger partial charge in [-0.25, -0.2) is 4.79 Å². The number of nitrogens with one attached hydrogen (secondary N) is 1. The van der Waals surface area contributed by atoms with Crippen LogP contribution in [0.15, 0.2) is 29.3 Å². The summed E-state index contributed by atoms with van der Waals surface area (Å²) in [5.41, 5.74) is 0.488. The summed E-state index contributed by atoms with van der Waals surface area (Å²) in [5.74, 6) is -0.809. The summed E-state index contributed by atoms with van der Waals surface area (Å²) < 4.78 is 5.30. The number of morpholine rings is 1. The number of rotatable bonds is 8. The number of aliphatic imine (C=N–C) groups is 1. The van der Waals surface area contributed by atoms with E-state index in [0.29, 0.717) is 18.7 Å². The Morgan fingerprint density at radius 3 is 2.81 bits per heavy atom. The number of imide groups is 1. The zero-order valence-electron chi connectivity index (χ0n) is 15.4. The highest BCUT2D eigenvalue weighted by Gasteiger charge is 2.35. The van der Waals surface area contributed by atoms with E-state index >= 15 is 0 Å². The van der Waals surface area contributed by atoms with Crippen molar-refractivity contribution >= 4 is 23.6 Å². The Bertz CT molecular complexity index is 665. The molecule has 1 unspecified atom stereocenters. The van der Waals surface area contributed by atoms with Crippen LogP contribution < -0.4 is 5.32 Å². The molecule has 1 N–H and O–H groups in total. The van der Waals surface area contributed by atoms with Gasteiger partial charge in [0, 0.05) is 32.6 Å². The average Bonchev–Trinajstić information content (AvgIpc) is 2.68. The largest absolute Gasteiger partial charge is 0.379 e. The molecule has 3 aliphatic rings. The summed E-state index contributed by atoms with van der Waals surface area (Å²) in [5, 5.41) is 2.89. The van der Waals surface area contributed by atoms with Crippen molar-refractivity contribution in [2.24, 2.45) is 10.9 Å². The first-order chi connectivity index (χ1) is 13.1. The van der Waals surface area contributed by atoms with E-state index in [1.54, 1.807) is 24.3 Å². The Labute approximate surface area is 158 Å². The summed E-state index contributed by atoms with van der Waals surface area (Å²) in [6.45, 7) is 5.24. The second-order valence-corrected chi connectivity index (χ2v) is 6.79. The minimum Gasteiger partial charge on any atom is -0.379 e. The highest BCUT2D eigenvalue weighted by molar-refractivity contribution is 6.21. The van der Waals surface area contributed by atoms with E-state index in [-0.39, 0.29) is 24.8 Å². The van der Waals surface area contributed by atoms with E-state index in [2.05, 4.69) is 15.2 Å². The Kier molecular flexibility index (Phi) is 6.89. The van der Waals surface area contributed by atoms with Gasteiger partial charge in [-0.1, -0.05) is 18.2 Å². The molecule has 8 nitrogen and oxygen atoms in total. The van der Waals surface area contributed by atoms with Gasteiger partial charge in [-0.05, 0) is 25.5 Å². The molecule has 1 atom stereocenters. The van der Waals surface area contributed by atoms with Crippen molar-refractivity contribution in [2.75, 3.05) is 45.9 Å². The highest BCUT2D eigenvalue weighted by atomic mass is 16.5. The van der Waals surface area contributed by atoms with Crippen LogP contribution in [-0.4, -0.2) is 79.3 Å². The van der Waals surface area contributed by atoms with Gasteiger partial charge >= 0.3 is 6.03 Å². The topological polar surface area (TPSA) is 91.3 Å². The maximum atomic E-state index is 12.4. The lowest BCUT2D eigenvalue weighted by atomic mass is 9.95. The monoisotopic (exact) mass is 374 g/mol. The van der Waals surface area contributed by atoms with Crippen LogP contribution in [-0.2, 0) is 14.3 Å². The first-order valence-corrected chi connectivity index (χ1v) is 9.51. The number of ether oxygens (including phenoxy) is 1. The summed E-state index contributed by atoms with van der Waals surface area (Å²) in [6, 6.07) is -0.544. The molecule has 0 radical (unpaired) electrons. The Morgan fingerprint density at radius 1 is 1.19 bits per heavy atom. The summed E-state index contributed by atoms with van der Waals surface area (Å²) in [6.07, 6.45) is 8.57. The minimum atomic E-state index is -0.544. The van der Waals surface area contributed by atoms with Crippen molar-refractivity contribution in [3.8, 4) is 0 Å². The summed E-state index contributed by atoms with van der Waals surface area (Å²) in [4.78, 5) is 43.9. The fourth-order valence-electron chi connectivity index (χ4n) is 3.33. The Hall–Kier alpha value is -2.32. The van der Waals surface area contributed by atoms with Crippen LogP contribution in [0.2, 0.25) is 0 Å². The predicted molar refractivity (Wildman–Crippen MR) is 100 cm³/mol. The van der Waals surface area contributed by atoms with E-state index in [1.165, 1.54) is 0 Å². The van der Waals surface area contributed by atoms with Gasteiger partial charge in [0.05, 0.1) is 24.8 Å². The zero-order valence-corrected chi connectivity index (χ0v) is 15.4. The van der Waals surface area contributed by atoms with E-state index in [0.717, 1.165) is 44.2 Å². The smallest absolute Gasteiger partial charge is 0.350 e. The quantitative estimate of drug-likeness (QED) is 0.633. The van der Waals surface area contributed by atoms with E-state index in [9.17, 15) is 14.4 Å². The highest BCUT2D eigenvalue weighted by Crippen LogP contribution is 2.19. The third-order valence-electron chi connectivity index (χ3n) is 4.85. The molecule has 0 aromatic rings. The molecule has 1 aliphatic carbocycles. The standard InChI is InChI=1S/C19H26N4O4/c24-17(20-8-4-9-22-11-13-27-14-12-22)7-3-10-23-18(25)15-5-1-2-6-16(15)21-19(23)26/h1-2,5-6,15H,3-4,7-14H2,(H,20,24). The van der Waals surface area contributed by atoms with Crippen LogP contribution in [0.4, 0.5) is 4.79 Å². The van der Waals surface area contributed by atoms with Gasteiger partial charge in [0.25, 0.3) is 0 Å². The van der Waals surface area contributed by atoms with Gasteiger partial charge in [0.15, 0.2) is 0 Å². The SMILES string of the molecule is O=C(CCCN1C(=O)N=C2C=CC=CC2C1=O)NCCCN1CCOCC1. The molecular weight excluding hydrogens is 348 g/mol. The van der Waals surface area contributed by atoms with Crippen molar-refractivity contribution in [1.82, 2.24) is 15.1 Å². The fourth-order valence-corrected chi connectivity index (χ4v) is 3.33. The van der Waals surface area contributed by atoms with Crippen molar-refractivity contribution in [3.63, 3.8) is 0 Å². The number of urea groups is 1. The molecule has 0 saturated carbocycles. The fraction of sp³-hybridized carbons (Fsp3) is 0.579. The number of hydrogen-bond donors (Lipinski definition) is 1. The van der Waals surface area contributed by atoms with Crippen LogP contribution in [0.3, 0.4) is 0 Å². The molecule has 0 spiro atoms. The average molecular weight is 374 g/mol. The molecule has 1 fully saturated rings. The molecule has 0 bridgehead atoms. The normalized spacial score (nSPS) is 22.6.